The van der Waals surface area contributed by atoms with Gasteiger partial charge >= 0.3 is 0 Å². The van der Waals surface area contributed by atoms with Crippen molar-refractivity contribution in [3.05, 3.63) is 23.8 Å². The summed E-state index contributed by atoms with van der Waals surface area (Å²) in [6.45, 7) is 3.39. The van der Waals surface area contributed by atoms with Crippen LogP contribution in [-0.4, -0.2) is 16.0 Å². The van der Waals surface area contributed by atoms with E-state index in [1.54, 1.807) is 13.0 Å². The lowest BCUT2D eigenvalue weighted by molar-refractivity contribution is -0.120. The van der Waals surface area contributed by atoms with Crippen LogP contribution in [0.3, 0.4) is 0 Å². The highest BCUT2D eigenvalue weighted by atomic mass is 16.3. The van der Waals surface area contributed by atoms with Gasteiger partial charge in [-0.3, -0.25) is 4.79 Å². The highest BCUT2D eigenvalue weighted by Gasteiger charge is 2.09. The molecule has 0 bridgehead atoms. The number of carbonyl (C=O) groups excluding carboxylic acids is 1. The van der Waals surface area contributed by atoms with E-state index in [1.165, 1.54) is 12.1 Å². The molecule has 0 spiro atoms. The predicted octanol–water partition coefficient (Wildman–Crippen LogP) is 1.87. The molecule has 3 nitrogen and oxygen atoms in total. The Morgan fingerprint density at radius 2 is 2.00 bits per heavy atom. The summed E-state index contributed by atoms with van der Waals surface area (Å²) in [4.78, 5) is 11.0. The zero-order valence-electron chi connectivity index (χ0n) is 8.32. The van der Waals surface area contributed by atoms with Crippen LogP contribution >= 0.6 is 0 Å². The van der Waals surface area contributed by atoms with Gasteiger partial charge in [-0.25, -0.2) is 0 Å². The molecular weight excluding hydrogens is 180 g/mol. The van der Waals surface area contributed by atoms with Crippen molar-refractivity contribution >= 4 is 5.78 Å². The first-order valence-electron chi connectivity index (χ1n) is 4.52. The standard InChI is InChI=1S/C11H14O3/c1-7(8(2)12)5-9-3-4-10(13)11(14)6-9/h3-4,6-7,13-14H,5H2,1-2H3/t7-/m0/s1. The maximum Gasteiger partial charge on any atom is 0.157 e. The molecule has 0 aliphatic heterocycles. The number of aromatic hydroxyl groups is 2. The Bertz CT molecular complexity index is 344. The molecule has 76 valence electrons. The van der Waals surface area contributed by atoms with Crippen molar-refractivity contribution in [3.63, 3.8) is 0 Å². The molecule has 0 heterocycles. The molecule has 0 amide bonds. The molecule has 0 radical (unpaired) electrons. The average molecular weight is 194 g/mol. The van der Waals surface area contributed by atoms with Gasteiger partial charge in [-0.15, -0.1) is 0 Å². The zero-order valence-corrected chi connectivity index (χ0v) is 8.32. The monoisotopic (exact) mass is 194 g/mol. The smallest absolute Gasteiger partial charge is 0.157 e. The second-order valence-electron chi connectivity index (χ2n) is 3.54. The van der Waals surface area contributed by atoms with Crippen molar-refractivity contribution in [2.45, 2.75) is 20.3 Å². The Morgan fingerprint density at radius 3 is 2.50 bits per heavy atom. The summed E-state index contributed by atoms with van der Waals surface area (Å²) in [5.74, 6) is -0.209. The third-order valence-corrected chi connectivity index (χ3v) is 2.28. The molecule has 0 aromatic heterocycles. The second-order valence-corrected chi connectivity index (χ2v) is 3.54. The van der Waals surface area contributed by atoms with Gasteiger partial charge in [0.1, 0.15) is 5.78 Å². The number of hydrogen-bond donors (Lipinski definition) is 2. The lowest BCUT2D eigenvalue weighted by Gasteiger charge is -2.08. The van der Waals surface area contributed by atoms with E-state index in [0.29, 0.717) is 6.42 Å². The normalized spacial score (nSPS) is 12.4. The lowest BCUT2D eigenvalue weighted by Crippen LogP contribution is -2.09. The van der Waals surface area contributed by atoms with Crippen molar-refractivity contribution in [1.82, 2.24) is 0 Å². The number of ketones is 1. The molecule has 1 aromatic carbocycles. The van der Waals surface area contributed by atoms with Gasteiger partial charge < -0.3 is 10.2 Å². The molecule has 1 atom stereocenters. The van der Waals surface area contributed by atoms with Crippen LogP contribution in [0.2, 0.25) is 0 Å². The SMILES string of the molecule is CC(=O)[C@@H](C)Cc1ccc(O)c(O)c1. The quantitative estimate of drug-likeness (QED) is 0.722. The van der Waals surface area contributed by atoms with Crippen LogP contribution in [0.15, 0.2) is 18.2 Å². The third kappa shape index (κ3) is 2.49. The van der Waals surface area contributed by atoms with Gasteiger partial charge in [-0.2, -0.15) is 0 Å². The molecule has 2 N–H and O–H groups in total. The van der Waals surface area contributed by atoms with E-state index in [-0.39, 0.29) is 23.2 Å². The summed E-state index contributed by atoms with van der Waals surface area (Å²) in [5, 5.41) is 18.3. The van der Waals surface area contributed by atoms with Gasteiger partial charge in [-0.1, -0.05) is 13.0 Å². The molecule has 1 rings (SSSR count). The summed E-state index contributed by atoms with van der Waals surface area (Å²) >= 11 is 0. The predicted molar refractivity (Wildman–Crippen MR) is 53.3 cm³/mol. The van der Waals surface area contributed by atoms with Gasteiger partial charge in [0.15, 0.2) is 11.5 Å². The fraction of sp³-hybridized carbons (Fsp3) is 0.364. The molecule has 0 aliphatic carbocycles. The topological polar surface area (TPSA) is 57.5 Å². The lowest BCUT2D eigenvalue weighted by atomic mass is 9.98. The summed E-state index contributed by atoms with van der Waals surface area (Å²) in [7, 11) is 0. The van der Waals surface area contributed by atoms with E-state index in [2.05, 4.69) is 0 Å². The maximum atomic E-state index is 11.0. The molecule has 14 heavy (non-hydrogen) atoms. The summed E-state index contributed by atoms with van der Waals surface area (Å²) < 4.78 is 0. The fourth-order valence-corrected chi connectivity index (χ4v) is 1.19. The van der Waals surface area contributed by atoms with Crippen LogP contribution in [0.25, 0.3) is 0 Å². The van der Waals surface area contributed by atoms with Crippen LogP contribution in [0.1, 0.15) is 19.4 Å². The molecule has 0 saturated carbocycles. The zero-order chi connectivity index (χ0) is 10.7. The van der Waals surface area contributed by atoms with Gasteiger partial charge in [0.2, 0.25) is 0 Å². The van der Waals surface area contributed by atoms with Crippen molar-refractivity contribution < 1.29 is 15.0 Å². The Labute approximate surface area is 83.0 Å². The number of Topliss-reactive ketones (excluding diaryl/α,β-unsaturated/α-hetero) is 1. The van der Waals surface area contributed by atoms with Crippen LogP contribution in [0.5, 0.6) is 11.5 Å². The highest BCUT2D eigenvalue weighted by Crippen LogP contribution is 2.26. The number of phenols is 2. The Hall–Kier alpha value is -1.51. The Morgan fingerprint density at radius 1 is 1.36 bits per heavy atom. The highest BCUT2D eigenvalue weighted by molar-refractivity contribution is 5.78. The minimum atomic E-state index is -0.141. The van der Waals surface area contributed by atoms with Gasteiger partial charge in [-0.05, 0) is 31.0 Å². The minimum Gasteiger partial charge on any atom is -0.504 e. The maximum absolute atomic E-state index is 11.0. The van der Waals surface area contributed by atoms with Gasteiger partial charge in [0, 0.05) is 5.92 Å². The van der Waals surface area contributed by atoms with E-state index >= 15 is 0 Å². The second kappa shape index (κ2) is 4.13. The van der Waals surface area contributed by atoms with E-state index in [1.807, 2.05) is 6.92 Å². The Balaban J connectivity index is 2.78. The number of benzene rings is 1. The molecule has 0 saturated heterocycles. The van der Waals surface area contributed by atoms with Crippen LogP contribution in [0.4, 0.5) is 0 Å². The third-order valence-electron chi connectivity index (χ3n) is 2.28. The van der Waals surface area contributed by atoms with Gasteiger partial charge in [0.05, 0.1) is 0 Å². The number of carbonyl (C=O) groups is 1. The number of phenolic OH excluding ortho intramolecular Hbond substituents is 2. The average Bonchev–Trinajstić information content (AvgIpc) is 2.11. The first-order valence-corrected chi connectivity index (χ1v) is 4.52. The molecule has 3 heteroatoms. The molecule has 0 aliphatic rings. The Kier molecular flexibility index (Phi) is 3.12. The molecule has 0 unspecified atom stereocenters. The van der Waals surface area contributed by atoms with E-state index in [0.717, 1.165) is 5.56 Å². The summed E-state index contributed by atoms with van der Waals surface area (Å²) in [6.07, 6.45) is 0.586. The van der Waals surface area contributed by atoms with E-state index < -0.39 is 0 Å². The van der Waals surface area contributed by atoms with E-state index in [4.69, 9.17) is 5.11 Å². The minimum absolute atomic E-state index is 0.0565. The first-order chi connectivity index (χ1) is 6.50. The molecule has 1 aromatic rings. The summed E-state index contributed by atoms with van der Waals surface area (Å²) in [5.41, 5.74) is 0.850. The number of hydrogen-bond acceptors (Lipinski definition) is 3. The fourth-order valence-electron chi connectivity index (χ4n) is 1.19. The van der Waals surface area contributed by atoms with Crippen molar-refractivity contribution in [3.8, 4) is 11.5 Å². The van der Waals surface area contributed by atoms with E-state index in [9.17, 15) is 9.90 Å². The molecular formula is C11H14O3. The van der Waals surface area contributed by atoms with Gasteiger partial charge in [0.25, 0.3) is 0 Å². The van der Waals surface area contributed by atoms with Crippen molar-refractivity contribution in [2.75, 3.05) is 0 Å². The summed E-state index contributed by atoms with van der Waals surface area (Å²) in [6, 6.07) is 4.61. The van der Waals surface area contributed by atoms with Crippen LogP contribution < -0.4 is 0 Å². The molecule has 0 fully saturated rings. The van der Waals surface area contributed by atoms with Crippen molar-refractivity contribution in [2.24, 2.45) is 5.92 Å². The first kappa shape index (κ1) is 10.6. The van der Waals surface area contributed by atoms with Crippen molar-refractivity contribution in [1.29, 1.82) is 0 Å². The number of rotatable bonds is 3. The van der Waals surface area contributed by atoms with Crippen LogP contribution in [0, 0.1) is 5.92 Å². The van der Waals surface area contributed by atoms with Crippen LogP contribution in [-0.2, 0) is 11.2 Å². The largest absolute Gasteiger partial charge is 0.504 e.